The normalized spacial score (nSPS) is 15.5. The molecule has 0 saturated carbocycles. The highest BCUT2D eigenvalue weighted by atomic mass is 79.9. The van der Waals surface area contributed by atoms with E-state index in [4.69, 9.17) is 9.47 Å². The van der Waals surface area contributed by atoms with Gasteiger partial charge in [0.2, 0.25) is 5.41 Å². The Labute approximate surface area is 173 Å². The van der Waals surface area contributed by atoms with E-state index in [0.717, 1.165) is 14.2 Å². The molecule has 0 amide bonds. The van der Waals surface area contributed by atoms with E-state index in [-0.39, 0.29) is 17.2 Å². The van der Waals surface area contributed by atoms with Crippen LogP contribution >= 0.6 is 15.9 Å². The fraction of sp³-hybridized carbons (Fsp3) is 0.316. The Bertz CT molecular complexity index is 951. The molecule has 0 fully saturated rings. The van der Waals surface area contributed by atoms with Crippen LogP contribution in [0.5, 0.6) is 11.5 Å². The summed E-state index contributed by atoms with van der Waals surface area (Å²) in [6.07, 6.45) is -2.38. The van der Waals surface area contributed by atoms with Crippen LogP contribution < -0.4 is 9.47 Å². The van der Waals surface area contributed by atoms with E-state index >= 15 is 0 Å². The van der Waals surface area contributed by atoms with E-state index in [1.165, 1.54) is 30.5 Å². The zero-order valence-electron chi connectivity index (χ0n) is 15.6. The molecule has 154 valence electrons. The van der Waals surface area contributed by atoms with Crippen LogP contribution in [0, 0.1) is 0 Å². The molecule has 2 heterocycles. The number of hydrogen-bond donors (Lipinski definition) is 0. The van der Waals surface area contributed by atoms with Gasteiger partial charge in [-0.25, -0.2) is 0 Å². The molecule has 0 saturated heterocycles. The number of ether oxygens (including phenoxy) is 4. The highest BCUT2D eigenvalue weighted by molar-refractivity contribution is 9.10. The fourth-order valence-electron chi connectivity index (χ4n) is 3.30. The Hall–Kier alpha value is -2.75. The Morgan fingerprint density at radius 2 is 1.72 bits per heavy atom. The third-order valence-electron chi connectivity index (χ3n) is 4.72. The lowest BCUT2D eigenvalue weighted by Gasteiger charge is -2.33. The maximum absolute atomic E-state index is 13.4. The van der Waals surface area contributed by atoms with Crippen LogP contribution in [-0.2, 0) is 24.5 Å². The summed E-state index contributed by atoms with van der Waals surface area (Å²) in [5.41, 5.74) is -1.59. The van der Waals surface area contributed by atoms with Crippen LogP contribution in [0.1, 0.15) is 24.1 Å². The van der Waals surface area contributed by atoms with E-state index in [9.17, 15) is 18.4 Å². The molecule has 1 aromatic carbocycles. The summed E-state index contributed by atoms with van der Waals surface area (Å²) >= 11 is 3.29. The molecule has 2 aromatic rings. The summed E-state index contributed by atoms with van der Waals surface area (Å²) in [4.78, 5) is 30.1. The second-order valence-corrected chi connectivity index (χ2v) is 7.16. The number of rotatable bonds is 5. The van der Waals surface area contributed by atoms with Crippen LogP contribution in [0.15, 0.2) is 41.0 Å². The SMILES string of the molecule is COC(=O)C(C(=O)OC)(c1cc(Br)ccn1)C(C)c1ccc2c(c1)OC(F)(F)O2. The predicted octanol–water partition coefficient (Wildman–Crippen LogP) is 3.55. The molecule has 0 N–H and O–H groups in total. The molecule has 29 heavy (non-hydrogen) atoms. The lowest BCUT2D eigenvalue weighted by molar-refractivity contribution is -0.286. The first-order valence-electron chi connectivity index (χ1n) is 8.34. The number of aromatic nitrogens is 1. The van der Waals surface area contributed by atoms with E-state index < -0.39 is 29.6 Å². The summed E-state index contributed by atoms with van der Waals surface area (Å²) < 4.78 is 46.0. The van der Waals surface area contributed by atoms with Crippen molar-refractivity contribution in [2.45, 2.75) is 24.6 Å². The van der Waals surface area contributed by atoms with Crippen molar-refractivity contribution in [3.63, 3.8) is 0 Å². The number of carbonyl (C=O) groups is 2. The van der Waals surface area contributed by atoms with Gasteiger partial charge in [-0.3, -0.25) is 14.6 Å². The van der Waals surface area contributed by atoms with Crippen molar-refractivity contribution in [3.8, 4) is 11.5 Å². The average Bonchev–Trinajstić information content (AvgIpc) is 3.00. The van der Waals surface area contributed by atoms with Gasteiger partial charge in [0.05, 0.1) is 19.9 Å². The van der Waals surface area contributed by atoms with Gasteiger partial charge < -0.3 is 18.9 Å². The number of alkyl halides is 2. The summed E-state index contributed by atoms with van der Waals surface area (Å²) in [7, 11) is 2.26. The number of benzene rings is 1. The Balaban J connectivity index is 2.19. The standard InChI is InChI=1S/C19H16BrF2NO6/c1-10(11-4-5-13-14(8-11)29-19(21,22)28-13)18(16(24)26-2,17(25)27-3)15-9-12(20)6-7-23-15/h4-10H,1-3H3. The van der Waals surface area contributed by atoms with Crippen LogP contribution in [0.4, 0.5) is 8.78 Å². The highest BCUT2D eigenvalue weighted by Crippen LogP contribution is 2.46. The van der Waals surface area contributed by atoms with Gasteiger partial charge in [0.15, 0.2) is 11.5 Å². The molecular formula is C19H16BrF2NO6. The number of esters is 2. The maximum atomic E-state index is 13.4. The number of hydrogen-bond acceptors (Lipinski definition) is 7. The van der Waals surface area contributed by atoms with Gasteiger partial charge in [0.25, 0.3) is 0 Å². The Kier molecular flexibility index (Phi) is 5.48. The van der Waals surface area contributed by atoms with Crippen LogP contribution in [0.2, 0.25) is 0 Å². The molecule has 0 radical (unpaired) electrons. The topological polar surface area (TPSA) is 84.0 Å². The first-order valence-corrected chi connectivity index (χ1v) is 9.13. The number of carbonyl (C=O) groups excluding carboxylic acids is 2. The van der Waals surface area contributed by atoms with Gasteiger partial charge in [-0.1, -0.05) is 28.9 Å². The zero-order chi connectivity index (χ0) is 21.4. The quantitative estimate of drug-likeness (QED) is 0.486. The first-order chi connectivity index (χ1) is 13.7. The second kappa shape index (κ2) is 7.58. The maximum Gasteiger partial charge on any atom is 0.586 e. The van der Waals surface area contributed by atoms with Crippen molar-refractivity contribution in [2.75, 3.05) is 14.2 Å². The van der Waals surface area contributed by atoms with Crippen LogP contribution in [-0.4, -0.2) is 37.4 Å². The summed E-state index contributed by atoms with van der Waals surface area (Å²) in [5.74, 6) is -3.12. The van der Waals surface area contributed by atoms with E-state index in [1.807, 2.05) is 0 Å². The predicted molar refractivity (Wildman–Crippen MR) is 98.7 cm³/mol. The molecule has 0 spiro atoms. The third kappa shape index (κ3) is 3.52. The van der Waals surface area contributed by atoms with Crippen LogP contribution in [0.25, 0.3) is 0 Å². The van der Waals surface area contributed by atoms with Crippen molar-refractivity contribution < 1.29 is 37.3 Å². The number of halogens is 3. The number of pyridine rings is 1. The largest absolute Gasteiger partial charge is 0.586 e. The molecule has 1 aliphatic rings. The zero-order valence-corrected chi connectivity index (χ0v) is 17.2. The Morgan fingerprint density at radius 3 is 2.31 bits per heavy atom. The second-order valence-electron chi connectivity index (χ2n) is 6.25. The van der Waals surface area contributed by atoms with E-state index in [0.29, 0.717) is 10.0 Å². The molecule has 1 unspecified atom stereocenters. The lowest BCUT2D eigenvalue weighted by atomic mass is 9.70. The lowest BCUT2D eigenvalue weighted by Crippen LogP contribution is -2.50. The fourth-order valence-corrected chi connectivity index (χ4v) is 3.63. The third-order valence-corrected chi connectivity index (χ3v) is 5.21. The van der Waals surface area contributed by atoms with Gasteiger partial charge in [0.1, 0.15) is 0 Å². The molecule has 1 aliphatic heterocycles. The van der Waals surface area contributed by atoms with Gasteiger partial charge in [0, 0.05) is 16.6 Å². The van der Waals surface area contributed by atoms with Crippen LogP contribution in [0.3, 0.4) is 0 Å². The minimum absolute atomic E-state index is 0.0704. The summed E-state index contributed by atoms with van der Waals surface area (Å²) in [6.45, 7) is 1.56. The van der Waals surface area contributed by atoms with Gasteiger partial charge >= 0.3 is 18.2 Å². The van der Waals surface area contributed by atoms with E-state index in [1.54, 1.807) is 13.0 Å². The van der Waals surface area contributed by atoms with Crippen molar-refractivity contribution >= 4 is 27.9 Å². The van der Waals surface area contributed by atoms with Gasteiger partial charge in [-0.2, -0.15) is 0 Å². The number of fused-ring (bicyclic) bond motifs is 1. The average molecular weight is 472 g/mol. The molecule has 7 nitrogen and oxygen atoms in total. The molecular weight excluding hydrogens is 456 g/mol. The minimum atomic E-state index is -3.79. The summed E-state index contributed by atoms with van der Waals surface area (Å²) in [5, 5.41) is 0. The minimum Gasteiger partial charge on any atom is -0.468 e. The van der Waals surface area contributed by atoms with Gasteiger partial charge in [-0.05, 0) is 29.8 Å². The molecule has 0 bridgehead atoms. The Morgan fingerprint density at radius 1 is 1.10 bits per heavy atom. The number of nitrogens with zero attached hydrogens (tertiary/aromatic N) is 1. The number of methoxy groups -OCH3 is 2. The van der Waals surface area contributed by atoms with Crippen molar-refractivity contribution in [3.05, 3.63) is 52.3 Å². The van der Waals surface area contributed by atoms with E-state index in [2.05, 4.69) is 30.4 Å². The smallest absolute Gasteiger partial charge is 0.468 e. The van der Waals surface area contributed by atoms with Crippen molar-refractivity contribution in [1.82, 2.24) is 4.98 Å². The molecule has 0 aliphatic carbocycles. The molecule has 10 heteroatoms. The summed E-state index contributed by atoms with van der Waals surface area (Å²) in [6, 6.07) is 7.11. The van der Waals surface area contributed by atoms with Gasteiger partial charge in [-0.15, -0.1) is 8.78 Å². The first kappa shape index (κ1) is 21.0. The highest BCUT2D eigenvalue weighted by Gasteiger charge is 2.56. The van der Waals surface area contributed by atoms with Crippen molar-refractivity contribution in [1.29, 1.82) is 0 Å². The molecule has 1 aromatic heterocycles. The monoisotopic (exact) mass is 471 g/mol. The molecule has 3 rings (SSSR count). The van der Waals surface area contributed by atoms with Crippen molar-refractivity contribution in [2.24, 2.45) is 0 Å². The molecule has 1 atom stereocenters.